The predicted octanol–water partition coefficient (Wildman–Crippen LogP) is 0.954. The van der Waals surface area contributed by atoms with Gasteiger partial charge >= 0.3 is 0 Å². The fourth-order valence-corrected chi connectivity index (χ4v) is 1.73. The maximum Gasteiger partial charge on any atom is 0.231 e. The number of nitrogens with zero attached hydrogens (tertiary/aromatic N) is 1. The number of rotatable bonds is 4. The number of hydrogen-bond donors (Lipinski definition) is 2. The Morgan fingerprint density at radius 3 is 2.61 bits per heavy atom. The average molecular weight is 245 g/mol. The Hall–Kier alpha value is -2.17. The molecule has 0 spiro atoms. The molecule has 5 nitrogen and oxygen atoms in total. The molecule has 1 aliphatic rings. The van der Waals surface area contributed by atoms with Gasteiger partial charge in [0.15, 0.2) is 0 Å². The van der Waals surface area contributed by atoms with Crippen molar-refractivity contribution in [2.45, 2.75) is 13.3 Å². The molecule has 5 heteroatoms. The Morgan fingerprint density at radius 2 is 2.06 bits per heavy atom. The highest BCUT2D eigenvalue weighted by atomic mass is 16.2. The van der Waals surface area contributed by atoms with Crippen molar-refractivity contribution in [3.05, 3.63) is 29.8 Å². The Bertz CT molecular complexity index is 491. The van der Waals surface area contributed by atoms with Gasteiger partial charge in [-0.1, -0.05) is 0 Å². The first-order valence-corrected chi connectivity index (χ1v) is 5.83. The summed E-state index contributed by atoms with van der Waals surface area (Å²) in [5.74, 6) is 0.455. The maximum absolute atomic E-state index is 11.4. The summed E-state index contributed by atoms with van der Waals surface area (Å²) in [6, 6.07) is 7.38. The van der Waals surface area contributed by atoms with E-state index in [9.17, 15) is 9.59 Å². The Labute approximate surface area is 105 Å². The van der Waals surface area contributed by atoms with Gasteiger partial charge < -0.3 is 10.6 Å². The summed E-state index contributed by atoms with van der Waals surface area (Å²) in [5.41, 5.74) is 1.68. The number of anilines is 1. The molecule has 0 unspecified atom stereocenters. The van der Waals surface area contributed by atoms with Crippen LogP contribution in [-0.2, 0) is 9.59 Å². The molecule has 0 bridgehead atoms. The van der Waals surface area contributed by atoms with E-state index in [1.165, 1.54) is 6.92 Å². The minimum Gasteiger partial charge on any atom is -0.368 e. The van der Waals surface area contributed by atoms with Crippen molar-refractivity contribution in [1.29, 1.82) is 0 Å². The normalized spacial score (nSPS) is 13.7. The molecule has 1 aromatic rings. The molecule has 0 aromatic heterocycles. The number of amidine groups is 1. The molecule has 1 heterocycles. The number of amides is 1. The van der Waals surface area contributed by atoms with Gasteiger partial charge in [0, 0.05) is 17.8 Å². The zero-order valence-electron chi connectivity index (χ0n) is 10.2. The van der Waals surface area contributed by atoms with Gasteiger partial charge in [-0.25, -0.2) is 0 Å². The molecule has 0 saturated carbocycles. The lowest BCUT2D eigenvalue weighted by Crippen LogP contribution is -2.19. The van der Waals surface area contributed by atoms with E-state index in [4.69, 9.17) is 0 Å². The second-order valence-corrected chi connectivity index (χ2v) is 4.16. The third-order valence-electron chi connectivity index (χ3n) is 2.53. The van der Waals surface area contributed by atoms with Crippen molar-refractivity contribution >= 4 is 23.2 Å². The quantitative estimate of drug-likeness (QED) is 0.776. The van der Waals surface area contributed by atoms with Gasteiger partial charge in [0.2, 0.25) is 5.91 Å². The van der Waals surface area contributed by atoms with Gasteiger partial charge in [0.05, 0.1) is 13.0 Å². The second-order valence-electron chi connectivity index (χ2n) is 4.16. The molecule has 2 rings (SSSR count). The number of nitrogens with one attached hydrogen (secondary N) is 2. The standard InChI is InChI=1S/C13H15N3O2/c1-9(17)8-12(18)16-11-4-2-10(3-5-11)13-14-6-7-15-13/h2-5H,6-8H2,1H3,(H,14,15)(H,16,18). The number of benzene rings is 1. The first-order chi connectivity index (χ1) is 8.65. The van der Waals surface area contributed by atoms with Crippen LogP contribution in [0, 0.1) is 0 Å². The number of hydrogen-bond acceptors (Lipinski definition) is 4. The summed E-state index contributed by atoms with van der Waals surface area (Å²) in [4.78, 5) is 26.5. The maximum atomic E-state index is 11.4. The van der Waals surface area contributed by atoms with E-state index in [1.807, 2.05) is 12.1 Å². The minimum atomic E-state index is -0.286. The third kappa shape index (κ3) is 3.16. The second kappa shape index (κ2) is 5.44. The van der Waals surface area contributed by atoms with E-state index in [1.54, 1.807) is 12.1 Å². The van der Waals surface area contributed by atoms with E-state index < -0.39 is 0 Å². The van der Waals surface area contributed by atoms with Gasteiger partial charge in [-0.15, -0.1) is 0 Å². The summed E-state index contributed by atoms with van der Waals surface area (Å²) in [7, 11) is 0. The fourth-order valence-electron chi connectivity index (χ4n) is 1.73. The van der Waals surface area contributed by atoms with Crippen LogP contribution >= 0.6 is 0 Å². The van der Waals surface area contributed by atoms with Crippen LogP contribution in [-0.4, -0.2) is 30.6 Å². The van der Waals surface area contributed by atoms with Crippen molar-refractivity contribution in [1.82, 2.24) is 5.32 Å². The summed E-state index contributed by atoms with van der Waals surface area (Å²) in [6.45, 7) is 3.06. The Morgan fingerprint density at radius 1 is 1.33 bits per heavy atom. The van der Waals surface area contributed by atoms with E-state index in [-0.39, 0.29) is 18.1 Å². The number of carbonyl (C=O) groups excluding carboxylic acids is 2. The number of ketones is 1. The highest BCUT2D eigenvalue weighted by Crippen LogP contribution is 2.11. The molecule has 94 valence electrons. The van der Waals surface area contributed by atoms with Crippen LogP contribution in [0.3, 0.4) is 0 Å². The molecule has 1 amide bonds. The summed E-state index contributed by atoms with van der Waals surface area (Å²) in [5, 5.41) is 5.85. The SMILES string of the molecule is CC(=O)CC(=O)Nc1ccc(C2=NCCN2)cc1. The lowest BCUT2D eigenvalue weighted by atomic mass is 10.2. The van der Waals surface area contributed by atoms with Crippen LogP contribution in [0.4, 0.5) is 5.69 Å². The van der Waals surface area contributed by atoms with Crippen LogP contribution in [0.25, 0.3) is 0 Å². The topological polar surface area (TPSA) is 70.6 Å². The monoisotopic (exact) mass is 245 g/mol. The molecule has 0 fully saturated rings. The summed E-state index contributed by atoms with van der Waals surface area (Å²) in [6.07, 6.45) is -0.0873. The van der Waals surface area contributed by atoms with Crippen LogP contribution in [0.15, 0.2) is 29.3 Å². The average Bonchev–Trinajstić information content (AvgIpc) is 2.82. The molecule has 2 N–H and O–H groups in total. The van der Waals surface area contributed by atoms with Crippen LogP contribution in [0.5, 0.6) is 0 Å². The first kappa shape index (κ1) is 12.3. The lowest BCUT2D eigenvalue weighted by Gasteiger charge is -2.06. The minimum absolute atomic E-state index is 0.0873. The number of Topliss-reactive ketones (excluding diaryl/α,β-unsaturated/α-hetero) is 1. The zero-order chi connectivity index (χ0) is 13.0. The molecule has 0 atom stereocenters. The highest BCUT2D eigenvalue weighted by molar-refractivity contribution is 6.04. The Balaban J connectivity index is 1.99. The number of carbonyl (C=O) groups is 2. The molecule has 0 radical (unpaired) electrons. The van der Waals surface area contributed by atoms with Crippen LogP contribution in [0.2, 0.25) is 0 Å². The first-order valence-electron chi connectivity index (χ1n) is 5.83. The fraction of sp³-hybridized carbons (Fsp3) is 0.308. The van der Waals surface area contributed by atoms with Crippen molar-refractivity contribution in [3.63, 3.8) is 0 Å². The lowest BCUT2D eigenvalue weighted by molar-refractivity contribution is -0.124. The third-order valence-corrected chi connectivity index (χ3v) is 2.53. The largest absolute Gasteiger partial charge is 0.368 e. The van der Waals surface area contributed by atoms with E-state index in [2.05, 4.69) is 15.6 Å². The predicted molar refractivity (Wildman–Crippen MR) is 69.8 cm³/mol. The van der Waals surface area contributed by atoms with Crippen LogP contribution < -0.4 is 10.6 Å². The van der Waals surface area contributed by atoms with Gasteiger partial charge in [0.25, 0.3) is 0 Å². The van der Waals surface area contributed by atoms with E-state index >= 15 is 0 Å². The van der Waals surface area contributed by atoms with Crippen LogP contribution in [0.1, 0.15) is 18.9 Å². The summed E-state index contributed by atoms with van der Waals surface area (Å²) < 4.78 is 0. The van der Waals surface area contributed by atoms with E-state index in [0.717, 1.165) is 24.5 Å². The van der Waals surface area contributed by atoms with Crippen molar-refractivity contribution in [2.75, 3.05) is 18.4 Å². The molecular weight excluding hydrogens is 230 g/mol. The zero-order valence-corrected chi connectivity index (χ0v) is 10.2. The van der Waals surface area contributed by atoms with E-state index in [0.29, 0.717) is 5.69 Å². The highest BCUT2D eigenvalue weighted by Gasteiger charge is 2.08. The Kier molecular flexibility index (Phi) is 3.72. The molecular formula is C13H15N3O2. The van der Waals surface area contributed by atoms with Gasteiger partial charge in [0.1, 0.15) is 11.6 Å². The molecule has 0 saturated heterocycles. The van der Waals surface area contributed by atoms with Crippen molar-refractivity contribution in [2.24, 2.45) is 4.99 Å². The van der Waals surface area contributed by atoms with Gasteiger partial charge in [-0.3, -0.25) is 14.6 Å². The molecule has 0 aliphatic carbocycles. The molecule has 1 aromatic carbocycles. The molecule has 1 aliphatic heterocycles. The van der Waals surface area contributed by atoms with Gasteiger partial charge in [-0.2, -0.15) is 0 Å². The van der Waals surface area contributed by atoms with Gasteiger partial charge in [-0.05, 0) is 31.2 Å². The summed E-state index contributed by atoms with van der Waals surface area (Å²) >= 11 is 0. The number of aliphatic imine (C=N–C) groups is 1. The van der Waals surface area contributed by atoms with Crippen molar-refractivity contribution in [3.8, 4) is 0 Å². The molecule has 18 heavy (non-hydrogen) atoms. The van der Waals surface area contributed by atoms with Crippen molar-refractivity contribution < 1.29 is 9.59 Å². The smallest absolute Gasteiger partial charge is 0.231 e.